The van der Waals surface area contributed by atoms with Crippen LogP contribution in [0.15, 0.2) is 71.3 Å². The average molecular weight is 279 g/mol. The van der Waals surface area contributed by atoms with Gasteiger partial charge >= 0.3 is 5.97 Å². The third-order valence-electron chi connectivity index (χ3n) is 2.95. The first-order valence-electron chi connectivity index (χ1n) is 6.55. The maximum Gasteiger partial charge on any atom is 0.338 e. The van der Waals surface area contributed by atoms with Crippen molar-refractivity contribution in [3.05, 3.63) is 78.3 Å². The van der Waals surface area contributed by atoms with Gasteiger partial charge in [0.2, 0.25) is 5.89 Å². The lowest BCUT2D eigenvalue weighted by Gasteiger charge is -2.01. The number of rotatable bonds is 4. The maximum atomic E-state index is 11.8. The number of hydrogen-bond donors (Lipinski definition) is 0. The molecular weight excluding hydrogens is 266 g/mol. The van der Waals surface area contributed by atoms with Crippen LogP contribution >= 0.6 is 0 Å². The van der Waals surface area contributed by atoms with Crippen LogP contribution in [0.1, 0.15) is 16.2 Å². The zero-order valence-electron chi connectivity index (χ0n) is 11.2. The van der Waals surface area contributed by atoms with E-state index in [1.54, 1.807) is 30.5 Å². The van der Waals surface area contributed by atoms with E-state index in [0.717, 1.165) is 5.56 Å². The van der Waals surface area contributed by atoms with Crippen LogP contribution in [-0.2, 0) is 11.3 Å². The Morgan fingerprint density at radius 2 is 1.67 bits per heavy atom. The second-order valence-corrected chi connectivity index (χ2v) is 4.43. The Morgan fingerprint density at radius 1 is 1.00 bits per heavy atom. The highest BCUT2D eigenvalue weighted by Crippen LogP contribution is 2.20. The molecule has 0 unspecified atom stereocenters. The summed E-state index contributed by atoms with van der Waals surface area (Å²) in [7, 11) is 0. The minimum atomic E-state index is -0.393. The smallest absolute Gasteiger partial charge is 0.338 e. The van der Waals surface area contributed by atoms with Crippen molar-refractivity contribution in [2.45, 2.75) is 6.61 Å². The zero-order chi connectivity index (χ0) is 14.5. The minimum Gasteiger partial charge on any atom is -0.452 e. The molecule has 0 aliphatic rings. The molecule has 4 nitrogen and oxygen atoms in total. The Hall–Kier alpha value is -2.88. The highest BCUT2D eigenvalue weighted by atomic mass is 16.5. The fourth-order valence-electron chi connectivity index (χ4n) is 1.90. The summed E-state index contributed by atoms with van der Waals surface area (Å²) >= 11 is 0. The number of hydrogen-bond acceptors (Lipinski definition) is 4. The molecule has 0 aliphatic heterocycles. The maximum absolute atomic E-state index is 11.8. The number of nitrogens with zero attached hydrogens (tertiary/aromatic N) is 1. The summed E-state index contributed by atoms with van der Waals surface area (Å²) < 4.78 is 10.7. The van der Waals surface area contributed by atoms with Gasteiger partial charge in [0.15, 0.2) is 12.4 Å². The molecule has 104 valence electrons. The van der Waals surface area contributed by atoms with Crippen LogP contribution in [0.2, 0.25) is 0 Å². The highest BCUT2D eigenvalue weighted by Gasteiger charge is 2.10. The summed E-state index contributed by atoms with van der Waals surface area (Å²) in [6, 6.07) is 18.5. The molecule has 3 aromatic rings. The summed E-state index contributed by atoms with van der Waals surface area (Å²) in [5.41, 5.74) is 1.44. The van der Waals surface area contributed by atoms with E-state index in [4.69, 9.17) is 9.15 Å². The first kappa shape index (κ1) is 13.1. The predicted molar refractivity (Wildman–Crippen MR) is 77.5 cm³/mol. The van der Waals surface area contributed by atoms with E-state index in [1.165, 1.54) is 0 Å². The topological polar surface area (TPSA) is 52.3 Å². The van der Waals surface area contributed by atoms with Crippen LogP contribution in [0, 0.1) is 0 Å². The Labute approximate surface area is 122 Å². The molecule has 4 heteroatoms. The minimum absolute atomic E-state index is 0.0144. The van der Waals surface area contributed by atoms with Gasteiger partial charge in [-0.25, -0.2) is 9.78 Å². The van der Waals surface area contributed by atoms with E-state index in [9.17, 15) is 4.79 Å². The number of oxazole rings is 1. The van der Waals surface area contributed by atoms with Gasteiger partial charge in [-0.2, -0.15) is 0 Å². The van der Waals surface area contributed by atoms with Gasteiger partial charge in [-0.3, -0.25) is 0 Å². The average Bonchev–Trinajstić information content (AvgIpc) is 3.03. The van der Waals surface area contributed by atoms with E-state index in [0.29, 0.717) is 17.2 Å². The van der Waals surface area contributed by atoms with Gasteiger partial charge in [-0.15, -0.1) is 0 Å². The first-order valence-corrected chi connectivity index (χ1v) is 6.55. The lowest BCUT2D eigenvalue weighted by Crippen LogP contribution is -2.04. The summed E-state index contributed by atoms with van der Waals surface area (Å²) in [5, 5.41) is 0. The Balaban J connectivity index is 1.64. The Kier molecular flexibility index (Phi) is 3.78. The third-order valence-corrected chi connectivity index (χ3v) is 2.95. The molecule has 3 rings (SSSR count). The molecule has 0 fully saturated rings. The molecule has 0 bridgehead atoms. The van der Waals surface area contributed by atoms with Gasteiger partial charge < -0.3 is 9.15 Å². The summed E-state index contributed by atoms with van der Waals surface area (Å²) in [4.78, 5) is 15.9. The molecule has 0 saturated carbocycles. The number of carbonyl (C=O) groups excluding carboxylic acids is 1. The van der Waals surface area contributed by atoms with Gasteiger partial charge in [0, 0.05) is 5.56 Å². The van der Waals surface area contributed by atoms with E-state index >= 15 is 0 Å². The molecule has 2 aromatic carbocycles. The van der Waals surface area contributed by atoms with Crippen molar-refractivity contribution in [3.8, 4) is 11.3 Å². The Morgan fingerprint density at radius 3 is 2.38 bits per heavy atom. The molecule has 0 radical (unpaired) electrons. The van der Waals surface area contributed by atoms with Gasteiger partial charge in [0.05, 0.1) is 11.8 Å². The second-order valence-electron chi connectivity index (χ2n) is 4.43. The van der Waals surface area contributed by atoms with Crippen molar-refractivity contribution in [1.29, 1.82) is 0 Å². The molecule has 21 heavy (non-hydrogen) atoms. The lowest BCUT2D eigenvalue weighted by atomic mass is 10.2. The van der Waals surface area contributed by atoms with Crippen LogP contribution in [0.4, 0.5) is 0 Å². The standard InChI is InChI=1S/C17H13NO3/c19-17(14-9-5-2-6-10-14)20-12-16-18-11-15(21-16)13-7-3-1-4-8-13/h1-11H,12H2. The highest BCUT2D eigenvalue weighted by molar-refractivity contribution is 5.89. The number of benzene rings is 2. The zero-order valence-corrected chi connectivity index (χ0v) is 11.2. The molecule has 0 amide bonds. The molecule has 0 saturated heterocycles. The normalized spacial score (nSPS) is 10.3. The van der Waals surface area contributed by atoms with Crippen molar-refractivity contribution in [3.63, 3.8) is 0 Å². The van der Waals surface area contributed by atoms with Gasteiger partial charge in [-0.1, -0.05) is 48.5 Å². The van der Waals surface area contributed by atoms with Crippen LogP contribution < -0.4 is 0 Å². The van der Waals surface area contributed by atoms with Crippen LogP contribution in [-0.4, -0.2) is 11.0 Å². The fraction of sp³-hybridized carbons (Fsp3) is 0.0588. The number of carbonyl (C=O) groups is 1. The molecule has 1 aromatic heterocycles. The lowest BCUT2D eigenvalue weighted by molar-refractivity contribution is 0.0439. The first-order chi connectivity index (χ1) is 10.3. The predicted octanol–water partition coefficient (Wildman–Crippen LogP) is 3.70. The molecule has 0 spiro atoms. The molecule has 0 aliphatic carbocycles. The van der Waals surface area contributed by atoms with Crippen molar-refractivity contribution in [1.82, 2.24) is 4.98 Å². The largest absolute Gasteiger partial charge is 0.452 e. The van der Waals surface area contributed by atoms with Crippen molar-refractivity contribution in [2.75, 3.05) is 0 Å². The summed E-state index contributed by atoms with van der Waals surface area (Å²) in [6.07, 6.45) is 1.63. The second kappa shape index (κ2) is 6.05. The SMILES string of the molecule is O=C(OCc1ncc(-c2ccccc2)o1)c1ccccc1. The van der Waals surface area contributed by atoms with Gasteiger partial charge in [-0.05, 0) is 12.1 Å². The van der Waals surface area contributed by atoms with Crippen LogP contribution in [0.3, 0.4) is 0 Å². The van der Waals surface area contributed by atoms with E-state index < -0.39 is 5.97 Å². The van der Waals surface area contributed by atoms with E-state index in [-0.39, 0.29) is 6.61 Å². The summed E-state index contributed by atoms with van der Waals surface area (Å²) in [6.45, 7) is 0.0144. The van der Waals surface area contributed by atoms with Crippen molar-refractivity contribution < 1.29 is 13.9 Å². The molecule has 0 N–H and O–H groups in total. The van der Waals surface area contributed by atoms with Crippen LogP contribution in [0.25, 0.3) is 11.3 Å². The Bertz CT molecular complexity index is 720. The van der Waals surface area contributed by atoms with Crippen molar-refractivity contribution >= 4 is 5.97 Å². The fourth-order valence-corrected chi connectivity index (χ4v) is 1.90. The molecular formula is C17H13NO3. The van der Waals surface area contributed by atoms with Gasteiger partial charge in [0.1, 0.15) is 0 Å². The quantitative estimate of drug-likeness (QED) is 0.683. The molecule has 0 atom stereocenters. The van der Waals surface area contributed by atoms with E-state index in [2.05, 4.69) is 4.98 Å². The van der Waals surface area contributed by atoms with Gasteiger partial charge in [0.25, 0.3) is 0 Å². The molecule has 1 heterocycles. The van der Waals surface area contributed by atoms with Crippen LogP contribution in [0.5, 0.6) is 0 Å². The number of esters is 1. The van der Waals surface area contributed by atoms with Crippen molar-refractivity contribution in [2.24, 2.45) is 0 Å². The summed E-state index contributed by atoms with van der Waals surface area (Å²) in [5.74, 6) is 0.634. The van der Waals surface area contributed by atoms with E-state index in [1.807, 2.05) is 36.4 Å². The third kappa shape index (κ3) is 3.17. The number of ether oxygens (including phenoxy) is 1. The monoisotopic (exact) mass is 279 g/mol. The number of aromatic nitrogens is 1.